The number of aromatic nitrogens is 2. The number of hydrogen-bond donors (Lipinski definition) is 0. The fourth-order valence-corrected chi connectivity index (χ4v) is 8.97. The van der Waals surface area contributed by atoms with Crippen molar-refractivity contribution in [1.82, 2.24) is 9.97 Å². The van der Waals surface area contributed by atoms with Gasteiger partial charge in [-0.25, -0.2) is 9.97 Å². The van der Waals surface area contributed by atoms with Crippen molar-refractivity contribution in [2.45, 2.75) is 12.8 Å². The lowest BCUT2D eigenvalue weighted by Gasteiger charge is -2.17. The van der Waals surface area contributed by atoms with Gasteiger partial charge in [-0.2, -0.15) is 0 Å². The number of nitrogens with zero attached hydrogens (tertiary/aromatic N) is 2. The van der Waals surface area contributed by atoms with Gasteiger partial charge in [0.1, 0.15) is 28.1 Å². The fourth-order valence-electron chi connectivity index (χ4n) is 8.97. The van der Waals surface area contributed by atoms with Gasteiger partial charge in [0.2, 0.25) is 0 Å². The smallest absolute Gasteiger partial charge is 0.179 e. The van der Waals surface area contributed by atoms with Gasteiger partial charge in [0.05, 0.1) is 0 Å². The number of allylic oxidation sites excluding steroid dienone is 1. The second-order valence-electron chi connectivity index (χ2n) is 14.7. The van der Waals surface area contributed by atoms with Crippen LogP contribution in [0.5, 0.6) is 0 Å². The second-order valence-corrected chi connectivity index (χ2v) is 14.7. The Kier molecular flexibility index (Phi) is 6.72. The summed E-state index contributed by atoms with van der Waals surface area (Å²) in [6.45, 7) is 0. The van der Waals surface area contributed by atoms with Crippen molar-refractivity contribution in [3.8, 4) is 44.9 Å². The largest absolute Gasteiger partial charge is 0.456 e. The van der Waals surface area contributed by atoms with E-state index in [1.165, 1.54) is 32.3 Å². The van der Waals surface area contributed by atoms with E-state index < -0.39 is 0 Å². The van der Waals surface area contributed by atoms with E-state index in [2.05, 4.69) is 152 Å². The lowest BCUT2D eigenvalue weighted by molar-refractivity contribution is 0.546. The van der Waals surface area contributed by atoms with Crippen LogP contribution in [0.1, 0.15) is 17.7 Å². The minimum absolute atomic E-state index is 0.675. The van der Waals surface area contributed by atoms with E-state index in [9.17, 15) is 0 Å². The van der Waals surface area contributed by atoms with Crippen LogP contribution in [0.3, 0.4) is 0 Å². The average Bonchev–Trinajstić information content (AvgIpc) is 3.85. The normalized spacial score (nSPS) is 12.8. The molecule has 0 N–H and O–H groups in total. The molecule has 262 valence electrons. The van der Waals surface area contributed by atoms with E-state index in [1.807, 2.05) is 18.2 Å². The molecule has 0 fully saturated rings. The van der Waals surface area contributed by atoms with Gasteiger partial charge in [0, 0.05) is 33.9 Å². The Morgan fingerprint density at radius 2 is 1.11 bits per heavy atom. The third-order valence-corrected chi connectivity index (χ3v) is 11.5. The van der Waals surface area contributed by atoms with Gasteiger partial charge in [-0.1, -0.05) is 146 Å². The molecule has 0 unspecified atom stereocenters. The highest BCUT2D eigenvalue weighted by Gasteiger charge is 2.23. The summed E-state index contributed by atoms with van der Waals surface area (Å²) in [5.41, 5.74) is 11.8. The summed E-state index contributed by atoms with van der Waals surface area (Å²) in [5, 5.41) is 9.53. The van der Waals surface area contributed by atoms with E-state index >= 15 is 0 Å². The van der Waals surface area contributed by atoms with Crippen molar-refractivity contribution in [2.75, 3.05) is 0 Å². The maximum absolute atomic E-state index is 6.55. The summed E-state index contributed by atoms with van der Waals surface area (Å²) >= 11 is 0. The van der Waals surface area contributed by atoms with Crippen molar-refractivity contribution >= 4 is 71.4 Å². The molecule has 8 aromatic carbocycles. The highest BCUT2D eigenvalue weighted by Crippen LogP contribution is 2.45. The molecule has 0 spiro atoms. The van der Waals surface area contributed by atoms with Crippen molar-refractivity contribution in [3.63, 3.8) is 0 Å². The molecule has 0 atom stereocenters. The Hall–Kier alpha value is -7.30. The standard InChI is InChI=1S/C52H32N2O2/c1-2-13-33(14-3-1)49-51-50(41-20-9-11-23-45(41)56-51)54-52(53-49)34-29-42(47-39-18-7-6-16-37(39)36-15-4-5-17-38(36)43(47)30-34)32-27-25-31(26-28-32)35-21-12-24-46-48(35)40-19-8-10-22-44(40)55-46/h1-10,12-22,24-30H,11,23H2. The SMILES string of the molecule is C1=Cc2c(oc3c(-c4ccccc4)nc(-c4cc(-c5ccc(-c6cccc7oc8ccccc8c67)cc5)c5c6ccccc6c6ccccc6c5c4)nc23)CC1. The van der Waals surface area contributed by atoms with Crippen molar-refractivity contribution in [1.29, 1.82) is 0 Å². The van der Waals surface area contributed by atoms with Crippen LogP contribution in [-0.2, 0) is 6.42 Å². The second kappa shape index (κ2) is 12.1. The molecule has 0 amide bonds. The third-order valence-electron chi connectivity index (χ3n) is 11.5. The molecule has 56 heavy (non-hydrogen) atoms. The Morgan fingerprint density at radius 1 is 0.446 bits per heavy atom. The quantitative estimate of drug-likeness (QED) is 0.170. The molecule has 0 saturated carbocycles. The first-order valence-electron chi connectivity index (χ1n) is 19.2. The molecule has 0 bridgehead atoms. The highest BCUT2D eigenvalue weighted by molar-refractivity contribution is 6.29. The minimum Gasteiger partial charge on any atom is -0.456 e. The van der Waals surface area contributed by atoms with Crippen LogP contribution >= 0.6 is 0 Å². The summed E-state index contributed by atoms with van der Waals surface area (Å²) in [5.74, 6) is 1.65. The maximum atomic E-state index is 6.55. The number of rotatable bonds is 4. The van der Waals surface area contributed by atoms with Gasteiger partial charge in [-0.05, 0) is 85.3 Å². The van der Waals surface area contributed by atoms with E-state index in [-0.39, 0.29) is 0 Å². The summed E-state index contributed by atoms with van der Waals surface area (Å²) in [6, 6.07) is 56.1. The topological polar surface area (TPSA) is 52.1 Å². The van der Waals surface area contributed by atoms with E-state index in [4.69, 9.17) is 18.8 Å². The summed E-state index contributed by atoms with van der Waals surface area (Å²) in [7, 11) is 0. The van der Waals surface area contributed by atoms with Crippen LogP contribution in [0.2, 0.25) is 0 Å². The zero-order chi connectivity index (χ0) is 36.7. The van der Waals surface area contributed by atoms with E-state index in [0.29, 0.717) is 5.82 Å². The zero-order valence-electron chi connectivity index (χ0n) is 30.3. The van der Waals surface area contributed by atoms with Gasteiger partial charge in [0.15, 0.2) is 11.4 Å². The Labute approximate surface area is 322 Å². The maximum Gasteiger partial charge on any atom is 0.179 e. The first kappa shape index (κ1) is 31.1. The molecular weight excluding hydrogens is 685 g/mol. The van der Waals surface area contributed by atoms with Gasteiger partial charge >= 0.3 is 0 Å². The predicted octanol–water partition coefficient (Wildman–Crippen LogP) is 14.2. The van der Waals surface area contributed by atoms with Crippen LogP contribution in [0.15, 0.2) is 173 Å². The number of para-hydroxylation sites is 1. The van der Waals surface area contributed by atoms with Crippen molar-refractivity contribution in [2.24, 2.45) is 0 Å². The lowest BCUT2D eigenvalue weighted by Crippen LogP contribution is -1.96. The molecule has 3 aromatic heterocycles. The number of hydrogen-bond acceptors (Lipinski definition) is 4. The van der Waals surface area contributed by atoms with Gasteiger partial charge in [-0.15, -0.1) is 0 Å². The molecule has 0 aliphatic heterocycles. The van der Waals surface area contributed by atoms with Gasteiger partial charge in [-0.3, -0.25) is 0 Å². The van der Waals surface area contributed by atoms with Crippen LogP contribution in [0.25, 0.3) is 116 Å². The molecule has 1 aliphatic carbocycles. The highest BCUT2D eigenvalue weighted by atomic mass is 16.3. The first-order chi connectivity index (χ1) is 27.8. The molecule has 11 aromatic rings. The third kappa shape index (κ3) is 4.66. The molecular formula is C52H32N2O2. The lowest BCUT2D eigenvalue weighted by atomic mass is 9.87. The Bertz CT molecular complexity index is 3410. The van der Waals surface area contributed by atoms with E-state index in [1.54, 1.807) is 0 Å². The van der Waals surface area contributed by atoms with E-state index in [0.717, 1.165) is 96.3 Å². The minimum atomic E-state index is 0.675. The number of furan rings is 2. The fraction of sp³-hybridized carbons (Fsp3) is 0.0385. The average molecular weight is 717 g/mol. The first-order valence-corrected chi connectivity index (χ1v) is 19.2. The Balaban J connectivity index is 1.13. The van der Waals surface area contributed by atoms with Gasteiger partial charge in [0.25, 0.3) is 0 Å². The zero-order valence-corrected chi connectivity index (χ0v) is 30.3. The monoisotopic (exact) mass is 716 g/mol. The van der Waals surface area contributed by atoms with Crippen LogP contribution in [-0.4, -0.2) is 9.97 Å². The van der Waals surface area contributed by atoms with Crippen molar-refractivity contribution < 1.29 is 8.83 Å². The number of fused-ring (bicyclic) bond motifs is 12. The molecule has 3 heterocycles. The van der Waals surface area contributed by atoms with Crippen LogP contribution in [0, 0.1) is 0 Å². The molecule has 4 nitrogen and oxygen atoms in total. The van der Waals surface area contributed by atoms with Crippen LogP contribution in [0.4, 0.5) is 0 Å². The van der Waals surface area contributed by atoms with Crippen molar-refractivity contribution in [3.05, 3.63) is 175 Å². The van der Waals surface area contributed by atoms with Crippen LogP contribution < -0.4 is 0 Å². The number of aryl methyl sites for hydroxylation is 1. The molecule has 0 saturated heterocycles. The predicted molar refractivity (Wildman–Crippen MR) is 231 cm³/mol. The summed E-state index contributed by atoms with van der Waals surface area (Å²) in [4.78, 5) is 10.7. The molecule has 12 rings (SSSR count). The summed E-state index contributed by atoms with van der Waals surface area (Å²) in [6.07, 6.45) is 6.18. The Morgan fingerprint density at radius 3 is 1.91 bits per heavy atom. The molecule has 1 aliphatic rings. The summed E-state index contributed by atoms with van der Waals surface area (Å²) < 4.78 is 12.8. The number of benzene rings is 8. The molecule has 4 heteroatoms. The molecule has 0 radical (unpaired) electrons. The van der Waals surface area contributed by atoms with Gasteiger partial charge < -0.3 is 8.83 Å².